The SMILES string of the molecule is COC(=O)c1ccc(C=C(C(=O)Nc2ccccc2OC)C(=O)Nc2ccccc2OC)cc1. The molecule has 0 spiro atoms. The summed E-state index contributed by atoms with van der Waals surface area (Å²) in [6, 6.07) is 20.0. The van der Waals surface area contributed by atoms with Crippen LogP contribution >= 0.6 is 0 Å². The first-order chi connectivity index (χ1) is 16.5. The minimum atomic E-state index is -0.644. The third-order valence-corrected chi connectivity index (χ3v) is 4.84. The largest absolute Gasteiger partial charge is 0.495 e. The predicted octanol–water partition coefficient (Wildman–Crippen LogP) is 4.15. The molecule has 174 valence electrons. The summed E-state index contributed by atoms with van der Waals surface area (Å²) in [7, 11) is 4.26. The van der Waals surface area contributed by atoms with Crippen LogP contribution in [0.4, 0.5) is 11.4 Å². The van der Waals surface area contributed by atoms with E-state index in [4.69, 9.17) is 14.2 Å². The summed E-state index contributed by atoms with van der Waals surface area (Å²) in [6.07, 6.45) is 1.43. The lowest BCUT2D eigenvalue weighted by Gasteiger charge is -2.14. The molecule has 8 heteroatoms. The average Bonchev–Trinajstić information content (AvgIpc) is 2.87. The Hall–Kier alpha value is -4.59. The number of carbonyl (C=O) groups is 3. The van der Waals surface area contributed by atoms with E-state index < -0.39 is 17.8 Å². The van der Waals surface area contributed by atoms with E-state index in [1.165, 1.54) is 27.4 Å². The van der Waals surface area contributed by atoms with E-state index in [0.29, 0.717) is 34.0 Å². The Labute approximate surface area is 197 Å². The maximum absolute atomic E-state index is 13.2. The Morgan fingerprint density at radius 2 is 1.15 bits per heavy atom. The molecule has 0 aromatic heterocycles. The van der Waals surface area contributed by atoms with Crippen LogP contribution in [0.3, 0.4) is 0 Å². The molecule has 8 nitrogen and oxygen atoms in total. The van der Waals surface area contributed by atoms with Crippen molar-refractivity contribution >= 4 is 35.2 Å². The van der Waals surface area contributed by atoms with Crippen LogP contribution in [0, 0.1) is 0 Å². The van der Waals surface area contributed by atoms with Gasteiger partial charge in [-0.15, -0.1) is 0 Å². The number of nitrogens with one attached hydrogen (secondary N) is 2. The molecule has 3 aromatic rings. The van der Waals surface area contributed by atoms with Gasteiger partial charge in [-0.1, -0.05) is 36.4 Å². The standard InChI is InChI=1S/C26H24N2O6/c1-32-22-10-6-4-8-20(22)27-24(29)19(16-17-12-14-18(15-13-17)26(31)34-3)25(30)28-21-9-5-7-11-23(21)33-2/h4-16H,1-3H3,(H,27,29)(H,28,30). The average molecular weight is 460 g/mol. The van der Waals surface area contributed by atoms with Crippen molar-refractivity contribution in [2.45, 2.75) is 0 Å². The second-order valence-corrected chi connectivity index (χ2v) is 6.98. The Kier molecular flexibility index (Phi) is 8.02. The van der Waals surface area contributed by atoms with Crippen LogP contribution < -0.4 is 20.1 Å². The first-order valence-electron chi connectivity index (χ1n) is 10.3. The molecular formula is C26H24N2O6. The van der Waals surface area contributed by atoms with Crippen molar-refractivity contribution in [2.24, 2.45) is 0 Å². The Morgan fingerprint density at radius 3 is 1.59 bits per heavy atom. The third-order valence-electron chi connectivity index (χ3n) is 4.84. The molecule has 0 aliphatic carbocycles. The lowest BCUT2D eigenvalue weighted by Crippen LogP contribution is -2.25. The minimum Gasteiger partial charge on any atom is -0.495 e. The van der Waals surface area contributed by atoms with Crippen molar-refractivity contribution in [3.8, 4) is 11.5 Å². The fourth-order valence-corrected chi connectivity index (χ4v) is 3.11. The molecule has 0 radical (unpaired) electrons. The smallest absolute Gasteiger partial charge is 0.337 e. The quantitative estimate of drug-likeness (QED) is 0.227. The van der Waals surface area contributed by atoms with Gasteiger partial charge in [-0.25, -0.2) is 4.79 Å². The number of rotatable bonds is 8. The van der Waals surface area contributed by atoms with Crippen molar-refractivity contribution in [1.29, 1.82) is 0 Å². The third kappa shape index (κ3) is 5.80. The van der Waals surface area contributed by atoms with Gasteiger partial charge in [0.15, 0.2) is 0 Å². The van der Waals surface area contributed by atoms with E-state index in [9.17, 15) is 14.4 Å². The second-order valence-electron chi connectivity index (χ2n) is 6.98. The molecule has 0 saturated heterocycles. The van der Waals surface area contributed by atoms with Crippen LogP contribution in [-0.2, 0) is 14.3 Å². The van der Waals surface area contributed by atoms with E-state index in [-0.39, 0.29) is 5.57 Å². The monoisotopic (exact) mass is 460 g/mol. The van der Waals surface area contributed by atoms with Crippen molar-refractivity contribution in [1.82, 2.24) is 0 Å². The van der Waals surface area contributed by atoms with Gasteiger partial charge in [0.1, 0.15) is 17.1 Å². The van der Waals surface area contributed by atoms with Gasteiger partial charge in [0.2, 0.25) is 0 Å². The van der Waals surface area contributed by atoms with Gasteiger partial charge in [-0.05, 0) is 48.0 Å². The van der Waals surface area contributed by atoms with Gasteiger partial charge in [0.25, 0.3) is 11.8 Å². The zero-order valence-electron chi connectivity index (χ0n) is 19.0. The highest BCUT2D eigenvalue weighted by atomic mass is 16.5. The number of hydrogen-bond acceptors (Lipinski definition) is 6. The Balaban J connectivity index is 1.96. The van der Waals surface area contributed by atoms with E-state index in [1.807, 2.05) is 0 Å². The molecule has 0 heterocycles. The van der Waals surface area contributed by atoms with E-state index in [2.05, 4.69) is 10.6 Å². The van der Waals surface area contributed by atoms with Gasteiger partial charge >= 0.3 is 5.97 Å². The number of para-hydroxylation sites is 4. The number of hydrogen-bond donors (Lipinski definition) is 2. The van der Waals surface area contributed by atoms with Gasteiger partial charge < -0.3 is 24.8 Å². The van der Waals surface area contributed by atoms with Gasteiger partial charge in [0, 0.05) is 0 Å². The molecule has 0 atom stereocenters. The first-order valence-corrected chi connectivity index (χ1v) is 10.3. The summed E-state index contributed by atoms with van der Waals surface area (Å²) < 4.78 is 15.3. The van der Waals surface area contributed by atoms with Crippen LogP contribution in [0.5, 0.6) is 11.5 Å². The Bertz CT molecular complexity index is 1150. The molecular weight excluding hydrogens is 436 g/mol. The highest BCUT2D eigenvalue weighted by Gasteiger charge is 2.21. The normalized spacial score (nSPS) is 9.97. The number of esters is 1. The number of methoxy groups -OCH3 is 3. The van der Waals surface area contributed by atoms with E-state index >= 15 is 0 Å². The predicted molar refractivity (Wildman–Crippen MR) is 129 cm³/mol. The summed E-state index contributed by atoms with van der Waals surface area (Å²) in [4.78, 5) is 38.1. The molecule has 0 unspecified atom stereocenters. The zero-order valence-corrected chi connectivity index (χ0v) is 19.0. The van der Waals surface area contributed by atoms with Crippen LogP contribution in [0.2, 0.25) is 0 Å². The first kappa shape index (κ1) is 24.1. The van der Waals surface area contributed by atoms with Gasteiger partial charge in [-0.3, -0.25) is 9.59 Å². The number of ether oxygens (including phenoxy) is 3. The highest BCUT2D eigenvalue weighted by Crippen LogP contribution is 2.26. The molecule has 0 saturated carbocycles. The molecule has 0 aliphatic heterocycles. The van der Waals surface area contributed by atoms with Gasteiger partial charge in [0.05, 0.1) is 38.3 Å². The van der Waals surface area contributed by atoms with Crippen molar-refractivity contribution < 1.29 is 28.6 Å². The summed E-state index contributed by atoms with van der Waals surface area (Å²) in [5.41, 5.74) is 1.54. The maximum Gasteiger partial charge on any atom is 0.337 e. The lowest BCUT2D eigenvalue weighted by atomic mass is 10.1. The van der Waals surface area contributed by atoms with Crippen molar-refractivity contribution in [3.63, 3.8) is 0 Å². The fourth-order valence-electron chi connectivity index (χ4n) is 3.11. The van der Waals surface area contributed by atoms with Crippen molar-refractivity contribution in [3.05, 3.63) is 89.5 Å². The van der Waals surface area contributed by atoms with Gasteiger partial charge in [-0.2, -0.15) is 0 Å². The molecule has 2 amide bonds. The topological polar surface area (TPSA) is 103 Å². The highest BCUT2D eigenvalue weighted by molar-refractivity contribution is 6.29. The number of anilines is 2. The molecule has 0 aliphatic rings. The van der Waals surface area contributed by atoms with Crippen LogP contribution in [0.25, 0.3) is 6.08 Å². The summed E-state index contributed by atoms with van der Waals surface area (Å²) in [5, 5.41) is 5.43. The summed E-state index contributed by atoms with van der Waals surface area (Å²) >= 11 is 0. The molecule has 0 fully saturated rings. The van der Waals surface area contributed by atoms with Crippen molar-refractivity contribution in [2.75, 3.05) is 32.0 Å². The van der Waals surface area contributed by atoms with Crippen LogP contribution in [-0.4, -0.2) is 39.1 Å². The minimum absolute atomic E-state index is 0.164. The molecule has 2 N–H and O–H groups in total. The fraction of sp³-hybridized carbons (Fsp3) is 0.115. The Morgan fingerprint density at radius 1 is 0.676 bits per heavy atom. The maximum atomic E-state index is 13.2. The molecule has 34 heavy (non-hydrogen) atoms. The number of carbonyl (C=O) groups excluding carboxylic acids is 3. The van der Waals surface area contributed by atoms with E-state index in [1.54, 1.807) is 72.8 Å². The van der Waals surface area contributed by atoms with E-state index in [0.717, 1.165) is 0 Å². The lowest BCUT2D eigenvalue weighted by molar-refractivity contribution is -0.118. The molecule has 0 bridgehead atoms. The number of benzene rings is 3. The number of amides is 2. The zero-order chi connectivity index (χ0) is 24.5. The van der Waals surface area contributed by atoms with Crippen LogP contribution in [0.1, 0.15) is 15.9 Å². The van der Waals surface area contributed by atoms with Crippen LogP contribution in [0.15, 0.2) is 78.4 Å². The molecule has 3 aromatic carbocycles. The second kappa shape index (κ2) is 11.3. The molecule has 3 rings (SSSR count). The summed E-state index contributed by atoms with van der Waals surface area (Å²) in [5.74, 6) is -0.882. The summed E-state index contributed by atoms with van der Waals surface area (Å²) in [6.45, 7) is 0.